The summed E-state index contributed by atoms with van der Waals surface area (Å²) >= 11 is 1.60. The molecule has 2 unspecified atom stereocenters. The Hall–Kier alpha value is -1.72. The summed E-state index contributed by atoms with van der Waals surface area (Å²) in [5, 5.41) is 4.07. The highest BCUT2D eigenvalue weighted by atomic mass is 32.1. The zero-order valence-electron chi connectivity index (χ0n) is 14.5. The van der Waals surface area contributed by atoms with Crippen molar-refractivity contribution in [3.8, 4) is 11.3 Å². The maximum Gasteiger partial charge on any atom is 0.225 e. The van der Waals surface area contributed by atoms with Gasteiger partial charge in [0.15, 0.2) is 0 Å². The van der Waals surface area contributed by atoms with E-state index in [1.165, 1.54) is 5.56 Å². The van der Waals surface area contributed by atoms with Crippen molar-refractivity contribution in [2.75, 3.05) is 6.61 Å². The Morgan fingerprint density at radius 1 is 1.38 bits per heavy atom. The number of ether oxygens (including phenoxy) is 1. The molecule has 2 heterocycles. The molecule has 24 heavy (non-hydrogen) atoms. The Morgan fingerprint density at radius 3 is 2.79 bits per heavy atom. The molecule has 0 bridgehead atoms. The van der Waals surface area contributed by atoms with Gasteiger partial charge in [-0.3, -0.25) is 4.79 Å². The minimum atomic E-state index is 0.0370. The molecule has 1 aromatic carbocycles. The van der Waals surface area contributed by atoms with E-state index in [1.807, 2.05) is 13.8 Å². The molecular weight excluding hydrogens is 320 g/mol. The number of rotatable bonds is 5. The fraction of sp³-hybridized carbons (Fsp3) is 0.474. The fourth-order valence-electron chi connectivity index (χ4n) is 3.07. The third kappa shape index (κ3) is 4.02. The van der Waals surface area contributed by atoms with Crippen LogP contribution in [0.2, 0.25) is 0 Å². The molecular formula is C19H24N2O2S. The zero-order chi connectivity index (χ0) is 17.1. The molecule has 1 N–H and O–H groups in total. The molecule has 0 spiro atoms. The van der Waals surface area contributed by atoms with E-state index >= 15 is 0 Å². The number of hydrogen-bond donors (Lipinski definition) is 1. The minimum absolute atomic E-state index is 0.0370. The molecule has 1 aliphatic rings. The summed E-state index contributed by atoms with van der Waals surface area (Å²) in [5.74, 6) is 0.0370. The monoisotopic (exact) mass is 344 g/mol. The molecule has 3 rings (SSSR count). The van der Waals surface area contributed by atoms with Gasteiger partial charge in [-0.1, -0.05) is 29.8 Å². The van der Waals surface area contributed by atoms with Gasteiger partial charge in [0.1, 0.15) is 0 Å². The van der Waals surface area contributed by atoms with Crippen molar-refractivity contribution in [1.82, 2.24) is 10.3 Å². The summed E-state index contributed by atoms with van der Waals surface area (Å²) in [7, 11) is 0. The molecule has 1 aromatic heterocycles. The smallest absolute Gasteiger partial charge is 0.225 e. The van der Waals surface area contributed by atoms with Crippen LogP contribution in [0.3, 0.4) is 0 Å². The molecule has 0 radical (unpaired) electrons. The second-order valence-corrected chi connectivity index (χ2v) is 7.74. The van der Waals surface area contributed by atoms with E-state index in [0.717, 1.165) is 40.6 Å². The molecule has 5 heteroatoms. The molecule has 1 aliphatic heterocycles. The molecule has 4 nitrogen and oxygen atoms in total. The molecule has 1 amide bonds. The maximum atomic E-state index is 12.4. The number of aryl methyl sites for hydroxylation is 2. The number of amides is 1. The van der Waals surface area contributed by atoms with Gasteiger partial charge in [0.25, 0.3) is 0 Å². The molecule has 128 valence electrons. The number of nitrogens with zero attached hydrogens (tertiary/aromatic N) is 1. The van der Waals surface area contributed by atoms with Gasteiger partial charge in [-0.25, -0.2) is 4.98 Å². The van der Waals surface area contributed by atoms with Crippen LogP contribution in [0.5, 0.6) is 0 Å². The van der Waals surface area contributed by atoms with Crippen molar-refractivity contribution >= 4 is 17.2 Å². The van der Waals surface area contributed by atoms with Crippen LogP contribution in [-0.4, -0.2) is 29.6 Å². The third-order valence-corrected chi connectivity index (χ3v) is 5.33. The summed E-state index contributed by atoms with van der Waals surface area (Å²) in [6.45, 7) is 6.87. The van der Waals surface area contributed by atoms with Crippen LogP contribution in [0.25, 0.3) is 11.3 Å². The Balaban J connectivity index is 1.70. The lowest BCUT2D eigenvalue weighted by molar-refractivity contribution is -0.121. The number of aromatic nitrogens is 1. The van der Waals surface area contributed by atoms with Crippen LogP contribution in [0.4, 0.5) is 0 Å². The molecule has 1 fully saturated rings. The van der Waals surface area contributed by atoms with Crippen molar-refractivity contribution in [2.24, 2.45) is 0 Å². The Labute approximate surface area is 147 Å². The van der Waals surface area contributed by atoms with E-state index in [2.05, 4.69) is 41.5 Å². The highest BCUT2D eigenvalue weighted by Gasteiger charge is 2.24. The first-order chi connectivity index (χ1) is 11.5. The average molecular weight is 344 g/mol. The third-order valence-electron chi connectivity index (χ3n) is 4.36. The number of nitrogens with one attached hydrogen (secondary N) is 1. The van der Waals surface area contributed by atoms with Crippen molar-refractivity contribution in [1.29, 1.82) is 0 Å². The predicted octanol–water partition coefficient (Wildman–Crippen LogP) is 3.65. The first-order valence-electron chi connectivity index (χ1n) is 8.47. The Kier molecular flexibility index (Phi) is 5.31. The standard InChI is InChI=1S/C19H24N2O2S/c1-12-6-8-15(9-7-12)19-17(24-14(3)21-19)11-18(22)20-13(2)16-5-4-10-23-16/h6-9,13,16H,4-5,10-11H2,1-3H3,(H,20,22). The number of benzene rings is 1. The topological polar surface area (TPSA) is 51.2 Å². The number of hydrogen-bond acceptors (Lipinski definition) is 4. The van der Waals surface area contributed by atoms with Crippen LogP contribution < -0.4 is 5.32 Å². The van der Waals surface area contributed by atoms with Gasteiger partial charge in [-0.15, -0.1) is 11.3 Å². The Morgan fingerprint density at radius 2 is 2.12 bits per heavy atom. The van der Waals surface area contributed by atoms with Gasteiger partial charge >= 0.3 is 0 Å². The van der Waals surface area contributed by atoms with Gasteiger partial charge < -0.3 is 10.1 Å². The lowest BCUT2D eigenvalue weighted by Gasteiger charge is -2.19. The van der Waals surface area contributed by atoms with Gasteiger partial charge in [-0.05, 0) is 33.6 Å². The summed E-state index contributed by atoms with van der Waals surface area (Å²) in [4.78, 5) is 18.1. The lowest BCUT2D eigenvalue weighted by Crippen LogP contribution is -2.41. The van der Waals surface area contributed by atoms with Crippen LogP contribution in [0.15, 0.2) is 24.3 Å². The molecule has 2 aromatic rings. The van der Waals surface area contributed by atoms with Crippen LogP contribution in [-0.2, 0) is 16.0 Å². The SMILES string of the molecule is Cc1ccc(-c2nc(C)sc2CC(=O)NC(C)C2CCCO2)cc1. The maximum absolute atomic E-state index is 12.4. The summed E-state index contributed by atoms with van der Waals surface area (Å²) in [5.41, 5.74) is 3.22. The number of carbonyl (C=O) groups excluding carboxylic acids is 1. The van der Waals surface area contributed by atoms with Crippen molar-refractivity contribution in [3.05, 3.63) is 39.7 Å². The van der Waals surface area contributed by atoms with Gasteiger partial charge in [0.05, 0.1) is 29.3 Å². The second kappa shape index (κ2) is 7.45. The summed E-state index contributed by atoms with van der Waals surface area (Å²) < 4.78 is 5.65. The highest BCUT2D eigenvalue weighted by molar-refractivity contribution is 7.12. The molecule has 1 saturated heterocycles. The summed E-state index contributed by atoms with van der Waals surface area (Å²) in [6.07, 6.45) is 2.62. The molecule has 0 saturated carbocycles. The van der Waals surface area contributed by atoms with Gasteiger partial charge in [0.2, 0.25) is 5.91 Å². The summed E-state index contributed by atoms with van der Waals surface area (Å²) in [6, 6.07) is 8.35. The minimum Gasteiger partial charge on any atom is -0.376 e. The van der Waals surface area contributed by atoms with Crippen LogP contribution >= 0.6 is 11.3 Å². The van der Waals surface area contributed by atoms with E-state index in [0.29, 0.717) is 6.42 Å². The van der Waals surface area contributed by atoms with E-state index < -0.39 is 0 Å². The Bertz CT molecular complexity index is 703. The highest BCUT2D eigenvalue weighted by Crippen LogP contribution is 2.29. The van der Waals surface area contributed by atoms with Crippen molar-refractivity contribution < 1.29 is 9.53 Å². The van der Waals surface area contributed by atoms with E-state index in [4.69, 9.17) is 4.74 Å². The van der Waals surface area contributed by atoms with Crippen molar-refractivity contribution in [3.63, 3.8) is 0 Å². The molecule has 2 atom stereocenters. The van der Waals surface area contributed by atoms with Crippen LogP contribution in [0.1, 0.15) is 35.2 Å². The fourth-order valence-corrected chi connectivity index (χ4v) is 4.02. The predicted molar refractivity (Wildman–Crippen MR) is 97.3 cm³/mol. The number of carbonyl (C=O) groups is 1. The van der Waals surface area contributed by atoms with E-state index in [1.54, 1.807) is 11.3 Å². The zero-order valence-corrected chi connectivity index (χ0v) is 15.3. The first kappa shape index (κ1) is 17.1. The van der Waals surface area contributed by atoms with Gasteiger partial charge in [-0.2, -0.15) is 0 Å². The molecule has 0 aliphatic carbocycles. The normalized spacial score (nSPS) is 18.5. The van der Waals surface area contributed by atoms with Crippen LogP contribution in [0, 0.1) is 13.8 Å². The van der Waals surface area contributed by atoms with E-state index in [9.17, 15) is 4.79 Å². The largest absolute Gasteiger partial charge is 0.376 e. The average Bonchev–Trinajstić information content (AvgIpc) is 3.18. The lowest BCUT2D eigenvalue weighted by atomic mass is 10.1. The quantitative estimate of drug-likeness (QED) is 0.901. The first-order valence-corrected chi connectivity index (χ1v) is 9.29. The number of thiazole rings is 1. The van der Waals surface area contributed by atoms with Crippen molar-refractivity contribution in [2.45, 2.75) is 52.2 Å². The second-order valence-electron chi connectivity index (χ2n) is 6.46. The van der Waals surface area contributed by atoms with E-state index in [-0.39, 0.29) is 18.1 Å². The van der Waals surface area contributed by atoms with Gasteiger partial charge in [0, 0.05) is 17.0 Å².